The number of halogens is 3. The monoisotopic (exact) mass is 374 g/mol. The first-order valence-electron chi connectivity index (χ1n) is 4.60. The Morgan fingerprint density at radius 2 is 1.77 bits per heavy atom. The van der Waals surface area contributed by atoms with Crippen molar-refractivity contribution in [3.05, 3.63) is 0 Å². The van der Waals surface area contributed by atoms with Crippen molar-refractivity contribution in [2.24, 2.45) is 0 Å². The summed E-state index contributed by atoms with van der Waals surface area (Å²) in [6.45, 7) is 0. The van der Waals surface area contributed by atoms with E-state index in [-0.39, 0.29) is 10.6 Å². The van der Waals surface area contributed by atoms with Gasteiger partial charge in [0, 0.05) is 0 Å². The Morgan fingerprint density at radius 1 is 1.15 bits per heavy atom. The van der Waals surface area contributed by atoms with Crippen LogP contribution in [0.25, 0.3) is 0 Å². The standard InChI is InChI=1S/C9H13Br3O/c10-7-5-3-1-2-4-6-9(11,12)8(7)13/h7H,1-6H2. The van der Waals surface area contributed by atoms with E-state index >= 15 is 0 Å². The third-order valence-electron chi connectivity index (χ3n) is 2.34. The summed E-state index contributed by atoms with van der Waals surface area (Å²) in [5, 5.41) is 0. The lowest BCUT2D eigenvalue weighted by molar-refractivity contribution is -0.118. The summed E-state index contributed by atoms with van der Waals surface area (Å²) in [6.07, 6.45) is 6.57. The molecule has 0 aromatic rings. The lowest BCUT2D eigenvalue weighted by Gasteiger charge is -2.20. The molecular formula is C9H13Br3O. The van der Waals surface area contributed by atoms with E-state index in [1.165, 1.54) is 12.8 Å². The highest BCUT2D eigenvalue weighted by molar-refractivity contribution is 9.26. The second-order valence-electron chi connectivity index (χ2n) is 3.49. The molecule has 1 nitrogen and oxygen atoms in total. The van der Waals surface area contributed by atoms with E-state index < -0.39 is 3.23 Å². The van der Waals surface area contributed by atoms with Crippen LogP contribution in [0.3, 0.4) is 0 Å². The zero-order chi connectivity index (χ0) is 9.90. The largest absolute Gasteiger partial charge is 0.296 e. The number of Topliss-reactive ketones (excluding diaryl/α,β-unsaturated/α-hetero) is 1. The van der Waals surface area contributed by atoms with E-state index in [9.17, 15) is 4.79 Å². The quantitative estimate of drug-likeness (QED) is 0.580. The number of ketones is 1. The minimum absolute atomic E-state index is 0.00403. The summed E-state index contributed by atoms with van der Waals surface area (Å²) in [7, 11) is 0. The molecule has 0 bridgehead atoms. The zero-order valence-electron chi connectivity index (χ0n) is 7.36. The van der Waals surface area contributed by atoms with Gasteiger partial charge >= 0.3 is 0 Å². The van der Waals surface area contributed by atoms with Crippen LogP contribution in [-0.2, 0) is 4.79 Å². The second kappa shape index (κ2) is 5.26. The molecule has 0 aromatic carbocycles. The van der Waals surface area contributed by atoms with E-state index in [2.05, 4.69) is 47.8 Å². The molecule has 76 valence electrons. The molecule has 0 N–H and O–H groups in total. The highest BCUT2D eigenvalue weighted by Crippen LogP contribution is 2.37. The highest BCUT2D eigenvalue weighted by Gasteiger charge is 2.36. The number of carbonyl (C=O) groups excluding carboxylic acids is 1. The summed E-state index contributed by atoms with van der Waals surface area (Å²) in [5.74, 6) is 0.231. The lowest BCUT2D eigenvalue weighted by Crippen LogP contribution is -2.31. The van der Waals surface area contributed by atoms with Crippen molar-refractivity contribution in [3.8, 4) is 0 Å². The molecule has 1 unspecified atom stereocenters. The van der Waals surface area contributed by atoms with Crippen molar-refractivity contribution in [1.29, 1.82) is 0 Å². The van der Waals surface area contributed by atoms with E-state index in [1.54, 1.807) is 0 Å². The molecule has 0 spiro atoms. The Kier molecular flexibility index (Phi) is 4.93. The third kappa shape index (κ3) is 3.63. The molecule has 1 fully saturated rings. The van der Waals surface area contributed by atoms with Crippen LogP contribution >= 0.6 is 47.8 Å². The van der Waals surface area contributed by atoms with Crippen molar-refractivity contribution in [3.63, 3.8) is 0 Å². The van der Waals surface area contributed by atoms with E-state index in [0.717, 1.165) is 25.7 Å². The van der Waals surface area contributed by atoms with Gasteiger partial charge in [0.05, 0.1) is 4.83 Å². The van der Waals surface area contributed by atoms with Gasteiger partial charge in [-0.05, 0) is 12.8 Å². The Labute approximate surface area is 104 Å². The first-order valence-corrected chi connectivity index (χ1v) is 7.10. The second-order valence-corrected chi connectivity index (χ2v) is 8.37. The van der Waals surface area contributed by atoms with Crippen molar-refractivity contribution in [2.45, 2.75) is 46.6 Å². The summed E-state index contributed by atoms with van der Waals surface area (Å²) in [5.41, 5.74) is 0. The van der Waals surface area contributed by atoms with Gasteiger partial charge in [0.1, 0.15) is 3.23 Å². The van der Waals surface area contributed by atoms with E-state index in [1.807, 2.05) is 0 Å². The molecule has 13 heavy (non-hydrogen) atoms. The fraction of sp³-hybridized carbons (Fsp3) is 0.889. The molecule has 1 rings (SSSR count). The van der Waals surface area contributed by atoms with Crippen LogP contribution < -0.4 is 0 Å². The van der Waals surface area contributed by atoms with Gasteiger partial charge in [0.25, 0.3) is 0 Å². The van der Waals surface area contributed by atoms with Gasteiger partial charge in [0.15, 0.2) is 5.78 Å². The van der Waals surface area contributed by atoms with Crippen molar-refractivity contribution in [1.82, 2.24) is 0 Å². The van der Waals surface area contributed by atoms with Crippen LogP contribution in [0.15, 0.2) is 0 Å². The van der Waals surface area contributed by atoms with Gasteiger partial charge in [-0.15, -0.1) is 0 Å². The van der Waals surface area contributed by atoms with Crippen molar-refractivity contribution in [2.75, 3.05) is 0 Å². The molecular weight excluding hydrogens is 364 g/mol. The average molecular weight is 377 g/mol. The number of alkyl halides is 3. The number of hydrogen-bond donors (Lipinski definition) is 0. The number of rotatable bonds is 0. The van der Waals surface area contributed by atoms with Crippen LogP contribution in [0, 0.1) is 0 Å². The van der Waals surface area contributed by atoms with Gasteiger partial charge in [-0.3, -0.25) is 4.79 Å². The predicted octanol–water partition coefficient (Wildman–Crippen LogP) is 4.16. The van der Waals surface area contributed by atoms with Gasteiger partial charge in [-0.25, -0.2) is 0 Å². The first-order chi connectivity index (χ1) is 6.04. The fourth-order valence-corrected chi connectivity index (χ4v) is 3.95. The molecule has 0 heterocycles. The minimum Gasteiger partial charge on any atom is -0.296 e. The van der Waals surface area contributed by atoms with Crippen LogP contribution in [-0.4, -0.2) is 13.8 Å². The Hall–Kier alpha value is 1.11. The normalized spacial score (nSPS) is 30.4. The van der Waals surface area contributed by atoms with Crippen LogP contribution in [0.1, 0.15) is 38.5 Å². The summed E-state index contributed by atoms with van der Waals surface area (Å²) in [6, 6.07) is 0. The Balaban J connectivity index is 2.67. The highest BCUT2D eigenvalue weighted by atomic mass is 79.9. The molecule has 1 aliphatic rings. The van der Waals surface area contributed by atoms with E-state index in [4.69, 9.17) is 0 Å². The maximum atomic E-state index is 11.8. The predicted molar refractivity (Wildman–Crippen MR) is 66.0 cm³/mol. The Morgan fingerprint density at radius 3 is 2.46 bits per heavy atom. The van der Waals surface area contributed by atoms with Crippen molar-refractivity contribution >= 4 is 53.6 Å². The third-order valence-corrected chi connectivity index (χ3v) is 4.79. The molecule has 0 saturated heterocycles. The Bertz CT molecular complexity index is 191. The number of carbonyl (C=O) groups is 1. The topological polar surface area (TPSA) is 17.1 Å². The maximum Gasteiger partial charge on any atom is 0.173 e. The maximum absolute atomic E-state index is 11.8. The molecule has 0 aliphatic heterocycles. The van der Waals surface area contributed by atoms with Crippen LogP contribution in [0.2, 0.25) is 0 Å². The van der Waals surface area contributed by atoms with E-state index in [0.29, 0.717) is 0 Å². The lowest BCUT2D eigenvalue weighted by atomic mass is 10.1. The molecule has 0 amide bonds. The first kappa shape index (κ1) is 12.2. The molecule has 1 saturated carbocycles. The van der Waals surface area contributed by atoms with Gasteiger partial charge in [-0.1, -0.05) is 73.5 Å². The minimum atomic E-state index is -0.488. The SMILES string of the molecule is O=C1C(Br)CCCCCCC1(Br)Br. The molecule has 0 radical (unpaired) electrons. The van der Waals surface area contributed by atoms with Crippen LogP contribution in [0.5, 0.6) is 0 Å². The molecule has 1 aliphatic carbocycles. The fourth-order valence-electron chi connectivity index (χ4n) is 1.51. The molecule has 1 atom stereocenters. The van der Waals surface area contributed by atoms with Gasteiger partial charge in [0.2, 0.25) is 0 Å². The van der Waals surface area contributed by atoms with Gasteiger partial charge in [-0.2, -0.15) is 0 Å². The molecule has 0 aromatic heterocycles. The summed E-state index contributed by atoms with van der Waals surface area (Å²) >= 11 is 10.3. The van der Waals surface area contributed by atoms with Crippen molar-refractivity contribution < 1.29 is 4.79 Å². The number of hydrogen-bond acceptors (Lipinski definition) is 1. The zero-order valence-corrected chi connectivity index (χ0v) is 12.1. The van der Waals surface area contributed by atoms with Crippen LogP contribution in [0.4, 0.5) is 0 Å². The average Bonchev–Trinajstić information content (AvgIpc) is 2.12. The van der Waals surface area contributed by atoms with Gasteiger partial charge < -0.3 is 0 Å². The molecule has 4 heteroatoms. The summed E-state index contributed by atoms with van der Waals surface area (Å²) in [4.78, 5) is 11.8. The summed E-state index contributed by atoms with van der Waals surface area (Å²) < 4.78 is -0.488. The smallest absolute Gasteiger partial charge is 0.173 e.